The standard InChI is InChI=1S/C13H13F3N2O/c1-19-6-5-8-3-2-4-9-10(17)7-11(13(14,15)16)18-12(8)9/h2-4,7H,5-6H2,1H3,(H2,17,18). The highest BCUT2D eigenvalue weighted by Gasteiger charge is 2.33. The zero-order chi connectivity index (χ0) is 14.0. The normalized spacial score (nSPS) is 12.0. The molecule has 19 heavy (non-hydrogen) atoms. The van der Waals surface area contributed by atoms with Crippen LogP contribution in [0.2, 0.25) is 0 Å². The number of methoxy groups -OCH3 is 1. The predicted octanol–water partition coefficient (Wildman–Crippen LogP) is 3.02. The fourth-order valence-corrected chi connectivity index (χ4v) is 1.89. The van der Waals surface area contributed by atoms with Gasteiger partial charge in [0.25, 0.3) is 0 Å². The van der Waals surface area contributed by atoms with Crippen LogP contribution in [-0.4, -0.2) is 18.7 Å². The van der Waals surface area contributed by atoms with E-state index in [1.807, 2.05) is 0 Å². The molecule has 0 fully saturated rings. The zero-order valence-corrected chi connectivity index (χ0v) is 10.3. The molecule has 0 unspecified atom stereocenters. The van der Waals surface area contributed by atoms with Gasteiger partial charge in [0.05, 0.1) is 12.1 Å². The second-order valence-corrected chi connectivity index (χ2v) is 4.15. The second-order valence-electron chi connectivity index (χ2n) is 4.15. The minimum atomic E-state index is -4.50. The first kappa shape index (κ1) is 13.6. The molecular weight excluding hydrogens is 257 g/mol. The molecule has 0 aliphatic carbocycles. The fourth-order valence-electron chi connectivity index (χ4n) is 1.89. The highest BCUT2D eigenvalue weighted by atomic mass is 19.4. The highest BCUT2D eigenvalue weighted by molar-refractivity contribution is 5.92. The molecule has 2 aromatic rings. The Labute approximate surface area is 108 Å². The Bertz CT molecular complexity index is 596. The van der Waals surface area contributed by atoms with Gasteiger partial charge in [0.15, 0.2) is 0 Å². The summed E-state index contributed by atoms with van der Waals surface area (Å²) in [6, 6.07) is 6.00. The van der Waals surface area contributed by atoms with Crippen molar-refractivity contribution in [3.63, 3.8) is 0 Å². The summed E-state index contributed by atoms with van der Waals surface area (Å²) < 4.78 is 43.2. The van der Waals surface area contributed by atoms with Crippen molar-refractivity contribution in [1.29, 1.82) is 0 Å². The third-order valence-electron chi connectivity index (χ3n) is 2.82. The summed E-state index contributed by atoms with van der Waals surface area (Å²) in [6.07, 6.45) is -4.02. The van der Waals surface area contributed by atoms with Crippen molar-refractivity contribution in [3.05, 3.63) is 35.5 Å². The lowest BCUT2D eigenvalue weighted by Gasteiger charge is -2.12. The number of fused-ring (bicyclic) bond motifs is 1. The van der Waals surface area contributed by atoms with Crippen LogP contribution in [0.15, 0.2) is 24.3 Å². The van der Waals surface area contributed by atoms with Crippen molar-refractivity contribution in [2.45, 2.75) is 12.6 Å². The molecule has 0 saturated heterocycles. The van der Waals surface area contributed by atoms with Crippen LogP contribution in [0.4, 0.5) is 18.9 Å². The first-order valence-electron chi connectivity index (χ1n) is 5.67. The smallest absolute Gasteiger partial charge is 0.398 e. The summed E-state index contributed by atoms with van der Waals surface area (Å²) in [5.41, 5.74) is 5.77. The number of hydrogen-bond acceptors (Lipinski definition) is 3. The minimum Gasteiger partial charge on any atom is -0.398 e. The van der Waals surface area contributed by atoms with Crippen molar-refractivity contribution in [2.24, 2.45) is 0 Å². The summed E-state index contributed by atoms with van der Waals surface area (Å²) in [5.74, 6) is 0. The molecule has 0 aliphatic heterocycles. The van der Waals surface area contributed by atoms with Gasteiger partial charge in [0, 0.05) is 18.2 Å². The monoisotopic (exact) mass is 270 g/mol. The summed E-state index contributed by atoms with van der Waals surface area (Å²) >= 11 is 0. The van der Waals surface area contributed by atoms with E-state index in [0.717, 1.165) is 6.07 Å². The number of nitrogen functional groups attached to an aromatic ring is 1. The molecule has 1 aromatic heterocycles. The quantitative estimate of drug-likeness (QED) is 0.932. The summed E-state index contributed by atoms with van der Waals surface area (Å²) in [4.78, 5) is 3.70. The third kappa shape index (κ3) is 2.78. The lowest BCUT2D eigenvalue weighted by Crippen LogP contribution is -2.10. The number of pyridine rings is 1. The maximum Gasteiger partial charge on any atom is 0.433 e. The van der Waals surface area contributed by atoms with Crippen LogP contribution >= 0.6 is 0 Å². The van der Waals surface area contributed by atoms with Gasteiger partial charge < -0.3 is 10.5 Å². The molecule has 0 bridgehead atoms. The second kappa shape index (κ2) is 5.05. The Morgan fingerprint density at radius 1 is 1.32 bits per heavy atom. The Balaban J connectivity index is 2.62. The van der Waals surface area contributed by atoms with Crippen molar-refractivity contribution >= 4 is 16.6 Å². The third-order valence-corrected chi connectivity index (χ3v) is 2.82. The summed E-state index contributed by atoms with van der Waals surface area (Å²) in [7, 11) is 1.54. The number of hydrogen-bond donors (Lipinski definition) is 1. The minimum absolute atomic E-state index is 0.0802. The lowest BCUT2D eigenvalue weighted by atomic mass is 10.1. The molecule has 1 heterocycles. The molecule has 102 valence electrons. The SMILES string of the molecule is COCCc1cccc2c(N)cc(C(F)(F)F)nc12. The average Bonchev–Trinajstić information content (AvgIpc) is 2.35. The van der Waals surface area contributed by atoms with Crippen LogP contribution in [0.1, 0.15) is 11.3 Å². The Morgan fingerprint density at radius 3 is 2.68 bits per heavy atom. The average molecular weight is 270 g/mol. The van der Waals surface area contributed by atoms with Crippen LogP contribution in [-0.2, 0) is 17.3 Å². The van der Waals surface area contributed by atoms with E-state index >= 15 is 0 Å². The van der Waals surface area contributed by atoms with E-state index in [9.17, 15) is 13.2 Å². The first-order chi connectivity index (χ1) is 8.93. The molecule has 0 aliphatic rings. The Kier molecular flexibility index (Phi) is 3.61. The largest absolute Gasteiger partial charge is 0.433 e. The maximum atomic E-state index is 12.7. The number of para-hydroxylation sites is 1. The predicted molar refractivity (Wildman–Crippen MR) is 66.7 cm³/mol. The number of anilines is 1. The summed E-state index contributed by atoms with van der Waals surface area (Å²) in [6.45, 7) is 0.414. The Morgan fingerprint density at radius 2 is 2.05 bits per heavy atom. The number of ether oxygens (including phenoxy) is 1. The van der Waals surface area contributed by atoms with Crippen LogP contribution in [0, 0.1) is 0 Å². The van der Waals surface area contributed by atoms with Gasteiger partial charge in [-0.2, -0.15) is 13.2 Å². The number of alkyl halides is 3. The molecule has 0 radical (unpaired) electrons. The van der Waals surface area contributed by atoms with Crippen LogP contribution in [0.25, 0.3) is 10.9 Å². The van der Waals surface area contributed by atoms with E-state index in [-0.39, 0.29) is 11.2 Å². The number of nitrogens with zero attached hydrogens (tertiary/aromatic N) is 1. The number of aromatic nitrogens is 1. The van der Waals surface area contributed by atoms with Crippen molar-refractivity contribution < 1.29 is 17.9 Å². The number of rotatable bonds is 3. The van der Waals surface area contributed by atoms with Crippen LogP contribution < -0.4 is 5.73 Å². The van der Waals surface area contributed by atoms with Crippen molar-refractivity contribution in [1.82, 2.24) is 4.98 Å². The molecule has 2 rings (SSSR count). The van der Waals surface area contributed by atoms with E-state index in [4.69, 9.17) is 10.5 Å². The molecular formula is C13H13F3N2O. The number of nitrogens with two attached hydrogens (primary N) is 1. The van der Waals surface area contributed by atoms with Gasteiger partial charge in [0.2, 0.25) is 0 Å². The van der Waals surface area contributed by atoms with Gasteiger partial charge in [-0.3, -0.25) is 0 Å². The maximum absolute atomic E-state index is 12.7. The lowest BCUT2D eigenvalue weighted by molar-refractivity contribution is -0.140. The molecule has 6 heteroatoms. The van der Waals surface area contributed by atoms with Crippen molar-refractivity contribution in [3.8, 4) is 0 Å². The van der Waals surface area contributed by atoms with Gasteiger partial charge in [0.1, 0.15) is 5.69 Å². The molecule has 0 atom stereocenters. The number of benzene rings is 1. The topological polar surface area (TPSA) is 48.1 Å². The molecule has 2 N–H and O–H groups in total. The summed E-state index contributed by atoms with van der Waals surface area (Å²) in [5, 5.41) is 0.529. The van der Waals surface area contributed by atoms with Gasteiger partial charge in [-0.25, -0.2) is 4.98 Å². The fraction of sp³-hybridized carbons (Fsp3) is 0.308. The number of halogens is 3. The van der Waals surface area contributed by atoms with Gasteiger partial charge in [-0.15, -0.1) is 0 Å². The van der Waals surface area contributed by atoms with Gasteiger partial charge >= 0.3 is 6.18 Å². The van der Waals surface area contributed by atoms with Crippen molar-refractivity contribution in [2.75, 3.05) is 19.5 Å². The molecule has 0 amide bonds. The van der Waals surface area contributed by atoms with E-state index in [1.54, 1.807) is 18.2 Å². The molecule has 3 nitrogen and oxygen atoms in total. The van der Waals surface area contributed by atoms with Gasteiger partial charge in [-0.05, 0) is 18.1 Å². The van der Waals surface area contributed by atoms with E-state index in [0.29, 0.717) is 24.0 Å². The first-order valence-corrected chi connectivity index (χ1v) is 5.67. The van der Waals surface area contributed by atoms with Crippen LogP contribution in [0.3, 0.4) is 0 Å². The molecule has 0 spiro atoms. The van der Waals surface area contributed by atoms with Gasteiger partial charge in [-0.1, -0.05) is 18.2 Å². The van der Waals surface area contributed by atoms with Crippen LogP contribution in [0.5, 0.6) is 0 Å². The zero-order valence-electron chi connectivity index (χ0n) is 10.3. The van der Waals surface area contributed by atoms with E-state index in [2.05, 4.69) is 4.98 Å². The highest BCUT2D eigenvalue weighted by Crippen LogP contribution is 2.32. The van der Waals surface area contributed by atoms with E-state index < -0.39 is 11.9 Å². The Hall–Kier alpha value is -1.82. The molecule has 1 aromatic carbocycles. The molecule has 0 saturated carbocycles. The van der Waals surface area contributed by atoms with E-state index in [1.165, 1.54) is 7.11 Å².